The monoisotopic (exact) mass is 1430 g/mol. The van der Waals surface area contributed by atoms with Crippen molar-refractivity contribution in [2.75, 3.05) is 63.6 Å². The number of anilines is 2. The summed E-state index contributed by atoms with van der Waals surface area (Å²) in [5.41, 5.74) is -0.750. The van der Waals surface area contributed by atoms with Crippen molar-refractivity contribution in [3.05, 3.63) is 148 Å². The number of fused-ring (bicyclic) bond motifs is 1. The minimum absolute atomic E-state index is 0.0496. The number of rotatable bonds is 35. The third kappa shape index (κ3) is 21.4. The molecule has 7 rings (SSSR count). The van der Waals surface area contributed by atoms with E-state index in [1.54, 1.807) is 38.9 Å². The van der Waals surface area contributed by atoms with Crippen LogP contribution in [0, 0.1) is 17.2 Å². The van der Waals surface area contributed by atoms with E-state index in [9.17, 15) is 52.0 Å². The van der Waals surface area contributed by atoms with Crippen molar-refractivity contribution in [1.82, 2.24) is 40.1 Å². The van der Waals surface area contributed by atoms with E-state index in [1.807, 2.05) is 97.6 Å². The third-order valence-corrected chi connectivity index (χ3v) is 21.5. The highest BCUT2D eigenvalue weighted by Gasteiger charge is 2.45. The molecule has 4 aromatic carbocycles. The molecule has 30 heteroatoms. The van der Waals surface area contributed by atoms with Gasteiger partial charge in [0.2, 0.25) is 23.7 Å². The molecular formula is C69H85F3N11O13PS2. The molecule has 1 fully saturated rings. The number of nitrogens with one attached hydrogen (secondary N) is 4. The Morgan fingerprint density at radius 3 is 2.04 bits per heavy atom. The second-order valence-electron chi connectivity index (χ2n) is 24.7. The van der Waals surface area contributed by atoms with Gasteiger partial charge in [-0.3, -0.25) is 44.0 Å². The van der Waals surface area contributed by atoms with Gasteiger partial charge < -0.3 is 43.5 Å². The van der Waals surface area contributed by atoms with Crippen LogP contribution in [-0.2, 0) is 54.6 Å². The molecular weight excluding hydrogens is 1340 g/mol. The molecule has 2 aromatic heterocycles. The molecule has 4 atom stereocenters. The van der Waals surface area contributed by atoms with Crippen LogP contribution in [0.3, 0.4) is 0 Å². The van der Waals surface area contributed by atoms with E-state index >= 15 is 0 Å². The molecule has 532 valence electrons. The number of alkyl halides is 3. The van der Waals surface area contributed by atoms with E-state index < -0.39 is 90.9 Å². The fourth-order valence-electron chi connectivity index (χ4n) is 10.9. The van der Waals surface area contributed by atoms with Gasteiger partial charge in [0.1, 0.15) is 23.1 Å². The van der Waals surface area contributed by atoms with Crippen LogP contribution in [-0.4, -0.2) is 160 Å². The first kappa shape index (κ1) is 78.1. The SMILES string of the molecule is COC(=O)[C@H](CCC(=O)NCCSSC(C)(C)CCC(=O)N1C[C@H](OP(OCCC#N)N(C(C)C)C(C)C)C[C@H]1COC(c1ccccc1)(c1ccc(OC)cc1)c1ccc(OC)cc1)NC(=O)c1ccc(N(Cc2cnc3nc(NC(=O)C(C)C)[nH]c(=O)c3n2)C(=O)C(F)(F)F)cc1. The number of ether oxygens (including phenoxy) is 4. The number of benzene rings is 4. The Morgan fingerprint density at radius 2 is 1.46 bits per heavy atom. The molecule has 0 spiro atoms. The predicted octanol–water partition coefficient (Wildman–Crippen LogP) is 10.8. The summed E-state index contributed by atoms with van der Waals surface area (Å²) in [6.07, 6.45) is -3.86. The maximum absolute atomic E-state index is 14.9. The van der Waals surface area contributed by atoms with E-state index in [0.29, 0.717) is 35.0 Å². The number of hydrogen-bond acceptors (Lipinski definition) is 20. The van der Waals surface area contributed by atoms with Gasteiger partial charge in [-0.05, 0) is 126 Å². The summed E-state index contributed by atoms with van der Waals surface area (Å²) in [4.78, 5) is 109. The molecule has 0 bridgehead atoms. The van der Waals surface area contributed by atoms with Crippen LogP contribution in [0.5, 0.6) is 11.5 Å². The molecule has 6 aromatic rings. The summed E-state index contributed by atoms with van der Waals surface area (Å²) in [5, 5.41) is 17.2. The van der Waals surface area contributed by atoms with E-state index in [0.717, 1.165) is 54.3 Å². The van der Waals surface area contributed by atoms with Gasteiger partial charge in [-0.2, -0.15) is 23.4 Å². The second-order valence-corrected chi connectivity index (χ2v) is 29.2. The Kier molecular flexibility index (Phi) is 28.6. The van der Waals surface area contributed by atoms with Crippen LogP contribution in [0.25, 0.3) is 11.2 Å². The molecule has 0 aliphatic carbocycles. The minimum Gasteiger partial charge on any atom is -0.497 e. The highest BCUT2D eigenvalue weighted by Crippen LogP contribution is 2.50. The highest BCUT2D eigenvalue weighted by molar-refractivity contribution is 8.77. The molecule has 1 unspecified atom stereocenters. The summed E-state index contributed by atoms with van der Waals surface area (Å²) in [6, 6.07) is 30.3. The van der Waals surface area contributed by atoms with Crippen LogP contribution in [0.1, 0.15) is 127 Å². The normalized spacial score (nSPS) is 14.8. The highest BCUT2D eigenvalue weighted by atomic mass is 33.1. The summed E-state index contributed by atoms with van der Waals surface area (Å²) in [6.45, 7) is 15.6. The largest absolute Gasteiger partial charge is 0.497 e. The summed E-state index contributed by atoms with van der Waals surface area (Å²) < 4.78 is 80.5. The van der Waals surface area contributed by atoms with Crippen molar-refractivity contribution in [3.8, 4) is 17.6 Å². The Morgan fingerprint density at radius 1 is 0.838 bits per heavy atom. The van der Waals surface area contributed by atoms with E-state index in [4.69, 9.17) is 28.0 Å². The number of likely N-dealkylation sites (tertiary alicyclic amines) is 1. The van der Waals surface area contributed by atoms with Crippen LogP contribution in [0.4, 0.5) is 24.8 Å². The number of amides is 5. The summed E-state index contributed by atoms with van der Waals surface area (Å²) in [5.74, 6) is -3.81. The Labute approximate surface area is 582 Å². The third-order valence-electron chi connectivity index (χ3n) is 15.9. The molecule has 24 nitrogen and oxygen atoms in total. The van der Waals surface area contributed by atoms with Gasteiger partial charge in [0.05, 0.1) is 77.6 Å². The van der Waals surface area contributed by atoms with Gasteiger partial charge in [0, 0.05) is 65.7 Å². The molecule has 0 radical (unpaired) electrons. The number of H-pyrrole nitrogens is 1. The van der Waals surface area contributed by atoms with Gasteiger partial charge in [0.25, 0.3) is 20.0 Å². The first-order valence-corrected chi connectivity index (χ1v) is 35.6. The van der Waals surface area contributed by atoms with Gasteiger partial charge >= 0.3 is 18.1 Å². The maximum atomic E-state index is 14.9. The molecule has 3 heterocycles. The summed E-state index contributed by atoms with van der Waals surface area (Å²) >= 11 is 0. The number of nitrogens with zero attached hydrogens (tertiary/aromatic N) is 7. The molecule has 99 heavy (non-hydrogen) atoms. The van der Waals surface area contributed by atoms with Gasteiger partial charge in [-0.15, -0.1) is 0 Å². The van der Waals surface area contributed by atoms with Crippen molar-refractivity contribution < 1.29 is 69.9 Å². The zero-order valence-electron chi connectivity index (χ0n) is 57.2. The van der Waals surface area contributed by atoms with E-state index in [1.165, 1.54) is 10.8 Å². The number of aromatic amines is 1. The molecule has 1 saturated heterocycles. The average molecular weight is 1430 g/mol. The van der Waals surface area contributed by atoms with E-state index in [-0.39, 0.29) is 104 Å². The molecule has 4 N–H and O–H groups in total. The Balaban J connectivity index is 0.962. The lowest BCUT2D eigenvalue weighted by Crippen LogP contribution is -2.42. The number of hydrogen-bond donors (Lipinski definition) is 4. The number of nitriles is 1. The second kappa shape index (κ2) is 36.2. The molecule has 0 saturated carbocycles. The molecule has 1 aliphatic rings. The van der Waals surface area contributed by atoms with Crippen molar-refractivity contribution in [3.63, 3.8) is 0 Å². The fourth-order valence-corrected chi connectivity index (χ4v) is 15.1. The van der Waals surface area contributed by atoms with Crippen LogP contribution < -0.4 is 35.9 Å². The molecule has 1 aliphatic heterocycles. The van der Waals surface area contributed by atoms with Gasteiger partial charge in [-0.1, -0.05) is 90.0 Å². The summed E-state index contributed by atoms with van der Waals surface area (Å²) in [7, 11) is 5.76. The van der Waals surface area contributed by atoms with E-state index in [2.05, 4.69) is 74.3 Å². The standard InChI is InChI=1S/C69H85F3N11O13PS2/c1-43(2)61(86)79-66-78-60-59(63(88)80-66)76-50(39-75-60)40-82(65(90)69(70,71)72)51-24-18-46(19-25-51)62(87)77-56(64(89)93-11)30-31-57(84)74-35-37-98-99-67(7,8)33-32-58(85)81-41-55(96-97(95-36-15-34-73)83(44(3)4)45(5)6)38-52(81)42-94-68(47-16-13-12-14-17-47,48-20-26-53(91-9)27-21-48)49-22-28-54(92-10)29-23-49/h12-14,16-29,39,43-45,52,55-56H,15,30-33,35-38,40-42H2,1-11H3,(H,74,84)(H,77,87)(H2,75,78,79,80,86,88)/t52-,55+,56-,97?/m0/s1. The van der Waals surface area contributed by atoms with Crippen molar-refractivity contribution in [2.45, 2.75) is 147 Å². The Hall–Kier alpha value is -8.23. The lowest BCUT2D eigenvalue weighted by atomic mass is 9.80. The first-order chi connectivity index (χ1) is 47.1. The Bertz CT molecular complexity index is 3760. The maximum Gasteiger partial charge on any atom is 0.471 e. The number of aromatic nitrogens is 4. The van der Waals surface area contributed by atoms with Crippen molar-refractivity contribution in [1.29, 1.82) is 5.26 Å². The van der Waals surface area contributed by atoms with Crippen molar-refractivity contribution >= 4 is 88.4 Å². The first-order valence-electron chi connectivity index (χ1n) is 32.2. The molecule has 5 amide bonds. The zero-order chi connectivity index (χ0) is 72.2. The van der Waals surface area contributed by atoms with Crippen LogP contribution in [0.2, 0.25) is 0 Å². The topological polar surface area (TPSA) is 299 Å². The number of methoxy groups -OCH3 is 3. The average Bonchev–Trinajstić information content (AvgIpc) is 1.21. The number of esters is 1. The predicted molar refractivity (Wildman–Crippen MR) is 372 cm³/mol. The smallest absolute Gasteiger partial charge is 0.471 e. The van der Waals surface area contributed by atoms with Crippen LogP contribution in [0.15, 0.2) is 114 Å². The number of halogens is 3. The lowest BCUT2D eigenvalue weighted by molar-refractivity contribution is -0.170. The fraction of sp³-hybridized carbons (Fsp3) is 0.464. The van der Waals surface area contributed by atoms with Gasteiger partial charge in [-0.25, -0.2) is 19.4 Å². The minimum atomic E-state index is -5.37. The zero-order valence-corrected chi connectivity index (χ0v) is 59.7. The van der Waals surface area contributed by atoms with Crippen LogP contribution >= 0.6 is 30.1 Å². The number of carbonyl (C=O) groups is 6. The quantitative estimate of drug-likeness (QED) is 0.00945. The van der Waals surface area contributed by atoms with Gasteiger partial charge in [0.15, 0.2) is 11.2 Å². The van der Waals surface area contributed by atoms with Crippen molar-refractivity contribution in [2.24, 2.45) is 5.92 Å². The number of carbonyl (C=O) groups excluding carboxylic acids is 6. The lowest BCUT2D eigenvalue weighted by Gasteiger charge is -2.38.